The average molecular weight is 487 g/mol. The minimum Gasteiger partial charge on any atom is -0.481 e. The zero-order valence-corrected chi connectivity index (χ0v) is 18.9. The number of carbonyl (C=O) groups is 2. The first-order valence-electron chi connectivity index (χ1n) is 9.17. The maximum Gasteiger partial charge on any atom is 0.335 e. The van der Waals surface area contributed by atoms with Crippen molar-refractivity contribution < 1.29 is 41.3 Å². The van der Waals surface area contributed by atoms with Crippen LogP contribution in [-0.2, 0) is 24.3 Å². The number of aromatic nitrogens is 3. The molecule has 0 saturated heterocycles. The van der Waals surface area contributed by atoms with Crippen LogP contribution >= 0.6 is 0 Å². The molecule has 2 N–H and O–H groups in total. The minimum absolute atomic E-state index is 0.0549. The standard InChI is InChI=1S/C18H22FN5O8S/c1-10(25)32-9-11(19)16(31-4)15-12(6-5-7-20-15)33(27,28)24-18(26)23-17-21-13(29-2)8-14(22-17)30-3/h5-8,11,16H,9H2,1-4H3,(H2,21,22,23,24,26). The lowest BCUT2D eigenvalue weighted by molar-refractivity contribution is -0.144. The number of hydrogen-bond acceptors (Lipinski definition) is 11. The third kappa shape index (κ3) is 6.95. The molecule has 2 aromatic rings. The van der Waals surface area contributed by atoms with E-state index in [9.17, 15) is 22.4 Å². The van der Waals surface area contributed by atoms with Crippen molar-refractivity contribution in [1.82, 2.24) is 19.7 Å². The van der Waals surface area contributed by atoms with Gasteiger partial charge in [0, 0.05) is 20.2 Å². The van der Waals surface area contributed by atoms with E-state index in [2.05, 4.69) is 25.0 Å². The Balaban J connectivity index is 2.26. The predicted octanol–water partition coefficient (Wildman–Crippen LogP) is 0.988. The number of pyridine rings is 1. The third-order valence-electron chi connectivity index (χ3n) is 3.94. The van der Waals surface area contributed by atoms with E-state index in [1.54, 1.807) is 4.72 Å². The number of sulfonamides is 1. The Kier molecular flexibility index (Phi) is 8.81. The van der Waals surface area contributed by atoms with Crippen LogP contribution in [0.2, 0.25) is 0 Å². The summed E-state index contributed by atoms with van der Waals surface area (Å²) >= 11 is 0. The van der Waals surface area contributed by atoms with Gasteiger partial charge in [-0.25, -0.2) is 22.3 Å². The van der Waals surface area contributed by atoms with E-state index in [1.165, 1.54) is 32.5 Å². The SMILES string of the molecule is COc1cc(OC)nc(NC(=O)NS(=O)(=O)c2cccnc2C(OC)C(F)COC(C)=O)n1. The number of ether oxygens (including phenoxy) is 4. The minimum atomic E-state index is -4.56. The van der Waals surface area contributed by atoms with Crippen LogP contribution in [-0.4, -0.2) is 69.5 Å². The molecule has 0 aliphatic rings. The van der Waals surface area contributed by atoms with Crippen LogP contribution < -0.4 is 19.5 Å². The van der Waals surface area contributed by atoms with Crippen LogP contribution in [0.15, 0.2) is 29.3 Å². The van der Waals surface area contributed by atoms with Gasteiger partial charge >= 0.3 is 12.0 Å². The number of amides is 2. The first kappa shape index (κ1) is 25.7. The Morgan fingerprint density at radius 3 is 2.33 bits per heavy atom. The molecule has 33 heavy (non-hydrogen) atoms. The fourth-order valence-corrected chi connectivity index (χ4v) is 3.64. The Morgan fingerprint density at radius 1 is 1.15 bits per heavy atom. The number of nitrogens with one attached hydrogen (secondary N) is 2. The largest absolute Gasteiger partial charge is 0.481 e. The van der Waals surface area contributed by atoms with Crippen molar-refractivity contribution in [2.75, 3.05) is 33.3 Å². The zero-order valence-electron chi connectivity index (χ0n) is 18.1. The first-order chi connectivity index (χ1) is 15.6. The number of halogens is 1. The summed E-state index contributed by atoms with van der Waals surface area (Å²) in [5.41, 5.74) is -0.334. The second-order valence-corrected chi connectivity index (χ2v) is 7.85. The number of nitrogens with zero attached hydrogens (tertiary/aromatic N) is 3. The highest BCUT2D eigenvalue weighted by atomic mass is 32.2. The molecule has 2 unspecified atom stereocenters. The number of carbonyl (C=O) groups excluding carboxylic acids is 2. The van der Waals surface area contributed by atoms with Crippen LogP contribution in [0.25, 0.3) is 0 Å². The number of rotatable bonds is 10. The Hall–Kier alpha value is -3.59. The van der Waals surface area contributed by atoms with Crippen molar-refractivity contribution in [3.8, 4) is 11.8 Å². The molecule has 0 aromatic carbocycles. The predicted molar refractivity (Wildman–Crippen MR) is 110 cm³/mol. The van der Waals surface area contributed by atoms with E-state index < -0.39 is 45.8 Å². The van der Waals surface area contributed by atoms with Crippen LogP contribution in [0.3, 0.4) is 0 Å². The molecule has 15 heteroatoms. The van der Waals surface area contributed by atoms with Crippen molar-refractivity contribution >= 4 is 28.0 Å². The van der Waals surface area contributed by atoms with E-state index in [0.29, 0.717) is 0 Å². The van der Waals surface area contributed by atoms with Crippen molar-refractivity contribution in [3.05, 3.63) is 30.1 Å². The molecular weight excluding hydrogens is 465 g/mol. The molecule has 0 bridgehead atoms. The Bertz CT molecular complexity index is 1080. The molecule has 13 nitrogen and oxygen atoms in total. The normalized spacial score (nSPS) is 12.9. The number of urea groups is 1. The summed E-state index contributed by atoms with van der Waals surface area (Å²) in [6.45, 7) is 0.405. The summed E-state index contributed by atoms with van der Waals surface area (Å²) in [7, 11) is -0.779. The average Bonchev–Trinajstić information content (AvgIpc) is 2.77. The zero-order chi connectivity index (χ0) is 24.6. The topological polar surface area (TPSA) is 168 Å². The van der Waals surface area contributed by atoms with Gasteiger partial charge in [0.25, 0.3) is 10.0 Å². The summed E-state index contributed by atoms with van der Waals surface area (Å²) in [5, 5.41) is 2.14. The van der Waals surface area contributed by atoms with E-state index >= 15 is 0 Å². The van der Waals surface area contributed by atoms with Crippen molar-refractivity contribution in [1.29, 1.82) is 0 Å². The lowest BCUT2D eigenvalue weighted by Gasteiger charge is -2.21. The van der Waals surface area contributed by atoms with Crippen molar-refractivity contribution in [2.45, 2.75) is 24.1 Å². The molecule has 2 atom stereocenters. The lowest BCUT2D eigenvalue weighted by atomic mass is 10.1. The van der Waals surface area contributed by atoms with Gasteiger partial charge in [-0.05, 0) is 12.1 Å². The van der Waals surface area contributed by atoms with E-state index in [-0.39, 0.29) is 23.4 Å². The number of alkyl halides is 1. The number of hydrogen-bond donors (Lipinski definition) is 2. The molecule has 180 valence electrons. The maximum absolute atomic E-state index is 14.6. The second kappa shape index (κ2) is 11.3. The van der Waals surface area contributed by atoms with Gasteiger partial charge in [-0.15, -0.1) is 0 Å². The van der Waals surface area contributed by atoms with Crippen LogP contribution in [0.4, 0.5) is 15.1 Å². The van der Waals surface area contributed by atoms with Gasteiger partial charge in [0.05, 0.1) is 26.0 Å². The summed E-state index contributed by atoms with van der Waals surface area (Å²) < 4.78 is 61.6. The number of esters is 1. The van der Waals surface area contributed by atoms with Gasteiger partial charge in [0.15, 0.2) is 6.17 Å². The molecule has 2 heterocycles. The Morgan fingerprint density at radius 2 is 1.79 bits per heavy atom. The molecule has 2 amide bonds. The Labute approximate surface area is 188 Å². The van der Waals surface area contributed by atoms with Crippen molar-refractivity contribution in [3.63, 3.8) is 0 Å². The van der Waals surface area contributed by atoms with E-state index in [0.717, 1.165) is 20.1 Å². The lowest BCUT2D eigenvalue weighted by Crippen LogP contribution is -2.36. The highest BCUT2D eigenvalue weighted by Gasteiger charge is 2.32. The van der Waals surface area contributed by atoms with Gasteiger partial charge in [0.1, 0.15) is 17.6 Å². The highest BCUT2D eigenvalue weighted by Crippen LogP contribution is 2.27. The van der Waals surface area contributed by atoms with Crippen LogP contribution in [0.1, 0.15) is 18.7 Å². The molecular formula is C18H22FN5O8S. The molecule has 0 aliphatic carbocycles. The molecule has 2 rings (SSSR count). The summed E-state index contributed by atoms with van der Waals surface area (Å²) in [4.78, 5) is 34.3. The summed E-state index contributed by atoms with van der Waals surface area (Å²) in [6, 6.07) is 2.51. The van der Waals surface area contributed by atoms with Crippen LogP contribution in [0, 0.1) is 0 Å². The maximum atomic E-state index is 14.6. The quantitative estimate of drug-likeness (QED) is 0.458. The molecule has 0 aliphatic heterocycles. The highest BCUT2D eigenvalue weighted by molar-refractivity contribution is 7.90. The smallest absolute Gasteiger partial charge is 0.335 e. The van der Waals surface area contributed by atoms with Gasteiger partial charge in [-0.3, -0.25) is 15.1 Å². The number of methoxy groups -OCH3 is 3. The fraction of sp³-hybridized carbons (Fsp3) is 0.389. The molecule has 2 aromatic heterocycles. The first-order valence-corrected chi connectivity index (χ1v) is 10.7. The number of anilines is 1. The summed E-state index contributed by atoms with van der Waals surface area (Å²) in [6.07, 6.45) is -2.23. The van der Waals surface area contributed by atoms with E-state index in [1.807, 2.05) is 0 Å². The van der Waals surface area contributed by atoms with E-state index in [4.69, 9.17) is 14.2 Å². The van der Waals surface area contributed by atoms with Gasteiger partial charge in [0.2, 0.25) is 17.7 Å². The molecule has 0 spiro atoms. The monoisotopic (exact) mass is 487 g/mol. The third-order valence-corrected chi connectivity index (χ3v) is 5.32. The van der Waals surface area contributed by atoms with Gasteiger partial charge in [-0.1, -0.05) is 0 Å². The molecule has 0 radical (unpaired) electrons. The van der Waals surface area contributed by atoms with Crippen molar-refractivity contribution in [2.24, 2.45) is 0 Å². The molecule has 0 saturated carbocycles. The molecule has 0 fully saturated rings. The van der Waals surface area contributed by atoms with Crippen LogP contribution in [0.5, 0.6) is 11.8 Å². The second-order valence-electron chi connectivity index (χ2n) is 6.20. The van der Waals surface area contributed by atoms with Gasteiger partial charge < -0.3 is 18.9 Å². The fourth-order valence-electron chi connectivity index (χ4n) is 2.53. The summed E-state index contributed by atoms with van der Waals surface area (Å²) in [5.74, 6) is -0.917. The van der Waals surface area contributed by atoms with Gasteiger partial charge in [-0.2, -0.15) is 9.97 Å².